The Kier molecular flexibility index (Phi) is 5.53. The minimum absolute atomic E-state index is 1.09. The van der Waals surface area contributed by atoms with Crippen LogP contribution in [0.2, 0.25) is 0 Å². The van der Waals surface area contributed by atoms with E-state index in [0.29, 0.717) is 0 Å². The quantitative estimate of drug-likeness (QED) is 0.762. The van der Waals surface area contributed by atoms with Gasteiger partial charge >= 0.3 is 0 Å². The average Bonchev–Trinajstić information content (AvgIpc) is 2.68. The third-order valence-electron chi connectivity index (χ3n) is 5.55. The Morgan fingerprint density at radius 2 is 1.58 bits per heavy atom. The molecule has 0 atom stereocenters. The number of hydrogen-bond acceptors (Lipinski definition) is 4. The predicted molar refractivity (Wildman–Crippen MR) is 112 cm³/mol. The van der Waals surface area contributed by atoms with Crippen LogP contribution in [0, 0.1) is 6.92 Å². The number of hydrogen-bond donors (Lipinski definition) is 0. The summed E-state index contributed by atoms with van der Waals surface area (Å²) in [6.45, 7) is 12.8. The summed E-state index contributed by atoms with van der Waals surface area (Å²) in [6, 6.07) is 15.7. The van der Waals surface area contributed by atoms with Crippen molar-refractivity contribution in [2.75, 3.05) is 50.7 Å². The summed E-state index contributed by atoms with van der Waals surface area (Å²) in [4.78, 5) is 10.5. The number of likely N-dealkylation sites (N-methyl/N-ethyl adjacent to an activating group) is 1. The van der Waals surface area contributed by atoms with E-state index in [2.05, 4.69) is 71.0 Å². The molecule has 2 aromatic rings. The fourth-order valence-electron chi connectivity index (χ4n) is 3.96. The van der Waals surface area contributed by atoms with Crippen LogP contribution in [0.1, 0.15) is 18.9 Å². The molecule has 0 bridgehead atoms. The molecule has 2 aliphatic heterocycles. The highest BCUT2D eigenvalue weighted by molar-refractivity contribution is 7.99. The lowest BCUT2D eigenvalue weighted by molar-refractivity contribution is 0.137. The zero-order valence-corrected chi connectivity index (χ0v) is 16.8. The van der Waals surface area contributed by atoms with Crippen LogP contribution in [0.15, 0.2) is 52.3 Å². The molecule has 0 radical (unpaired) electrons. The maximum absolute atomic E-state index is 2.63. The van der Waals surface area contributed by atoms with Crippen molar-refractivity contribution < 1.29 is 0 Å². The Morgan fingerprint density at radius 3 is 2.38 bits per heavy atom. The van der Waals surface area contributed by atoms with Crippen LogP contribution < -0.4 is 4.90 Å². The monoisotopic (exact) mass is 367 g/mol. The maximum Gasteiger partial charge on any atom is 0.0555 e. The molecule has 1 saturated heterocycles. The number of fused-ring (bicyclic) bond motifs is 2. The van der Waals surface area contributed by atoms with Gasteiger partial charge in [-0.15, -0.1) is 0 Å². The highest BCUT2D eigenvalue weighted by Gasteiger charge is 2.23. The van der Waals surface area contributed by atoms with Crippen LogP contribution >= 0.6 is 11.8 Å². The van der Waals surface area contributed by atoms with Crippen molar-refractivity contribution in [1.29, 1.82) is 0 Å². The molecule has 4 heteroatoms. The first-order valence-electron chi connectivity index (χ1n) is 9.84. The van der Waals surface area contributed by atoms with E-state index in [-0.39, 0.29) is 0 Å². The predicted octanol–water partition coefficient (Wildman–Crippen LogP) is 4.63. The summed E-state index contributed by atoms with van der Waals surface area (Å²) >= 11 is 1.90. The standard InChI is InChI=1S/C22H29N3S/c1-3-23-13-15-24(16-14-23)11-6-12-25-19-7-4-5-8-21(19)26-22-10-9-18(2)17-20(22)25/h4-5,7-10,17H,3,6,11-16H2,1-2H3. The van der Waals surface area contributed by atoms with Crippen molar-refractivity contribution in [3.05, 3.63) is 48.0 Å². The van der Waals surface area contributed by atoms with Crippen molar-refractivity contribution in [2.45, 2.75) is 30.1 Å². The molecule has 138 valence electrons. The van der Waals surface area contributed by atoms with Gasteiger partial charge in [-0.25, -0.2) is 0 Å². The Balaban J connectivity index is 1.45. The summed E-state index contributed by atoms with van der Waals surface area (Å²) in [5.41, 5.74) is 4.08. The van der Waals surface area contributed by atoms with Crippen molar-refractivity contribution in [3.63, 3.8) is 0 Å². The lowest BCUT2D eigenvalue weighted by atomic mass is 10.1. The van der Waals surface area contributed by atoms with Gasteiger partial charge in [0.25, 0.3) is 0 Å². The first-order valence-corrected chi connectivity index (χ1v) is 10.7. The Labute approximate surface area is 162 Å². The van der Waals surface area contributed by atoms with Crippen LogP contribution in [-0.2, 0) is 0 Å². The van der Waals surface area contributed by atoms with Crippen LogP contribution in [0.5, 0.6) is 0 Å². The SMILES string of the molecule is CCN1CCN(CCCN2c3ccccc3Sc3ccc(C)cc32)CC1. The van der Waals surface area contributed by atoms with Gasteiger partial charge in [-0.1, -0.05) is 36.9 Å². The topological polar surface area (TPSA) is 9.72 Å². The van der Waals surface area contributed by atoms with E-state index in [0.717, 1.165) is 6.54 Å². The molecule has 4 rings (SSSR count). The van der Waals surface area contributed by atoms with Gasteiger partial charge < -0.3 is 14.7 Å². The lowest BCUT2D eigenvalue weighted by Gasteiger charge is -2.36. The molecular weight excluding hydrogens is 338 g/mol. The van der Waals surface area contributed by atoms with E-state index < -0.39 is 0 Å². The van der Waals surface area contributed by atoms with Crippen molar-refractivity contribution in [2.24, 2.45) is 0 Å². The average molecular weight is 368 g/mol. The summed E-state index contributed by atoms with van der Waals surface area (Å²) in [6.07, 6.45) is 1.21. The first kappa shape index (κ1) is 17.9. The van der Waals surface area contributed by atoms with Crippen molar-refractivity contribution in [1.82, 2.24) is 9.80 Å². The van der Waals surface area contributed by atoms with E-state index in [1.54, 1.807) is 0 Å². The van der Waals surface area contributed by atoms with Gasteiger partial charge in [-0.3, -0.25) is 0 Å². The van der Waals surface area contributed by atoms with Gasteiger partial charge in [-0.05, 0) is 56.3 Å². The van der Waals surface area contributed by atoms with Crippen molar-refractivity contribution >= 4 is 23.1 Å². The third kappa shape index (κ3) is 3.78. The number of piperazine rings is 1. The minimum Gasteiger partial charge on any atom is -0.340 e. The molecular formula is C22H29N3S. The van der Waals surface area contributed by atoms with E-state index in [1.165, 1.54) is 72.4 Å². The number of benzene rings is 2. The second-order valence-corrected chi connectivity index (χ2v) is 8.41. The molecule has 0 amide bonds. The zero-order chi connectivity index (χ0) is 17.9. The molecule has 0 saturated carbocycles. The molecule has 2 aromatic carbocycles. The summed E-state index contributed by atoms with van der Waals surface area (Å²) in [5, 5.41) is 0. The van der Waals surface area contributed by atoms with Crippen LogP contribution in [0.4, 0.5) is 11.4 Å². The molecule has 0 unspecified atom stereocenters. The van der Waals surface area contributed by atoms with Gasteiger partial charge in [0, 0.05) is 42.5 Å². The number of nitrogens with zero attached hydrogens (tertiary/aromatic N) is 3. The molecule has 1 fully saturated rings. The lowest BCUT2D eigenvalue weighted by Crippen LogP contribution is -2.46. The molecule has 2 aliphatic rings. The molecule has 26 heavy (non-hydrogen) atoms. The fourth-order valence-corrected chi connectivity index (χ4v) is 5.04. The third-order valence-corrected chi connectivity index (χ3v) is 6.68. The largest absolute Gasteiger partial charge is 0.340 e. The molecule has 2 heterocycles. The van der Waals surface area contributed by atoms with Crippen LogP contribution in [0.3, 0.4) is 0 Å². The first-order chi connectivity index (χ1) is 12.7. The van der Waals surface area contributed by atoms with E-state index >= 15 is 0 Å². The highest BCUT2D eigenvalue weighted by Crippen LogP contribution is 2.48. The van der Waals surface area contributed by atoms with E-state index in [9.17, 15) is 0 Å². The van der Waals surface area contributed by atoms with Gasteiger partial charge in [0.1, 0.15) is 0 Å². The van der Waals surface area contributed by atoms with Gasteiger partial charge in [0.05, 0.1) is 11.4 Å². The molecule has 0 N–H and O–H groups in total. The zero-order valence-electron chi connectivity index (χ0n) is 15.9. The maximum atomic E-state index is 2.63. The number of rotatable bonds is 5. The van der Waals surface area contributed by atoms with E-state index in [4.69, 9.17) is 0 Å². The van der Waals surface area contributed by atoms with E-state index in [1.807, 2.05) is 11.8 Å². The molecule has 0 aliphatic carbocycles. The highest BCUT2D eigenvalue weighted by atomic mass is 32.2. The van der Waals surface area contributed by atoms with Gasteiger partial charge in [0.2, 0.25) is 0 Å². The second kappa shape index (κ2) is 8.03. The normalized spacial score (nSPS) is 17.8. The summed E-state index contributed by atoms with van der Waals surface area (Å²) in [5.74, 6) is 0. The Hall–Kier alpha value is -1.49. The number of aryl methyl sites for hydroxylation is 1. The van der Waals surface area contributed by atoms with Crippen LogP contribution in [0.25, 0.3) is 0 Å². The second-order valence-electron chi connectivity index (χ2n) is 7.32. The minimum atomic E-state index is 1.09. The summed E-state index contributed by atoms with van der Waals surface area (Å²) < 4.78 is 0. The Morgan fingerprint density at radius 1 is 0.846 bits per heavy atom. The van der Waals surface area contributed by atoms with Crippen LogP contribution in [-0.4, -0.2) is 55.6 Å². The van der Waals surface area contributed by atoms with Gasteiger partial charge in [0.15, 0.2) is 0 Å². The van der Waals surface area contributed by atoms with Crippen molar-refractivity contribution in [3.8, 4) is 0 Å². The fraction of sp³-hybridized carbons (Fsp3) is 0.455. The smallest absolute Gasteiger partial charge is 0.0555 e. The molecule has 0 aromatic heterocycles. The number of anilines is 2. The number of para-hydroxylation sites is 1. The summed E-state index contributed by atoms with van der Waals surface area (Å²) in [7, 11) is 0. The molecule has 3 nitrogen and oxygen atoms in total. The Bertz CT molecular complexity index is 753. The molecule has 0 spiro atoms. The van der Waals surface area contributed by atoms with Gasteiger partial charge in [-0.2, -0.15) is 0 Å².